The van der Waals surface area contributed by atoms with Gasteiger partial charge in [0.1, 0.15) is 5.60 Å². The van der Waals surface area contributed by atoms with E-state index in [1.165, 1.54) is 0 Å². The normalized spacial score (nSPS) is 16.7. The maximum atomic E-state index is 13.4. The van der Waals surface area contributed by atoms with Crippen molar-refractivity contribution in [3.63, 3.8) is 0 Å². The van der Waals surface area contributed by atoms with Crippen LogP contribution in [0.1, 0.15) is 79.7 Å². The molecule has 1 fully saturated rings. The second-order valence-corrected chi connectivity index (χ2v) is 14.6. The first-order valence-corrected chi connectivity index (χ1v) is 17.8. The molecule has 3 N–H and O–H groups in total. The summed E-state index contributed by atoms with van der Waals surface area (Å²) in [5, 5.41) is 17.8. The van der Waals surface area contributed by atoms with Gasteiger partial charge in [-0.15, -0.1) is 0 Å². The number of aliphatic hydroxyl groups is 1. The summed E-state index contributed by atoms with van der Waals surface area (Å²) in [4.78, 5) is 28.8. The number of morpholine rings is 1. The third-order valence-electron chi connectivity index (χ3n) is 8.83. The van der Waals surface area contributed by atoms with Gasteiger partial charge in [0.2, 0.25) is 5.91 Å². The van der Waals surface area contributed by atoms with E-state index in [1.807, 2.05) is 52.8 Å². The first-order chi connectivity index (χ1) is 22.7. The molecule has 11 heteroatoms. The number of benzene rings is 1. The average Bonchev–Trinajstić information content (AvgIpc) is 3.02. The molecule has 1 aromatic rings. The number of nitrogens with one attached hydrogen (secondary N) is 2. The summed E-state index contributed by atoms with van der Waals surface area (Å²) in [6, 6.07) is 5.33. The summed E-state index contributed by atoms with van der Waals surface area (Å²) in [5.41, 5.74) is 0.375. The highest BCUT2D eigenvalue weighted by Crippen LogP contribution is 2.32. The Kier molecular flexibility index (Phi) is 18.6. The third kappa shape index (κ3) is 15.7. The Morgan fingerprint density at radius 2 is 1.69 bits per heavy atom. The summed E-state index contributed by atoms with van der Waals surface area (Å²) in [5.74, 6) is 1.19. The van der Waals surface area contributed by atoms with Crippen molar-refractivity contribution in [3.8, 4) is 11.5 Å². The Hall–Kier alpha value is -2.60. The molecule has 0 spiro atoms. The molecule has 1 saturated heterocycles. The molecule has 0 saturated carbocycles. The van der Waals surface area contributed by atoms with Crippen LogP contribution in [-0.4, -0.2) is 107 Å². The van der Waals surface area contributed by atoms with Gasteiger partial charge in [0.25, 0.3) is 0 Å². The van der Waals surface area contributed by atoms with E-state index in [2.05, 4.69) is 29.4 Å². The van der Waals surface area contributed by atoms with E-state index < -0.39 is 29.8 Å². The van der Waals surface area contributed by atoms with E-state index in [0.717, 1.165) is 51.3 Å². The molecule has 4 atom stereocenters. The lowest BCUT2D eigenvalue weighted by Crippen LogP contribution is -2.49. The molecular formula is C37H65N3O8. The Labute approximate surface area is 289 Å². The van der Waals surface area contributed by atoms with E-state index in [9.17, 15) is 14.7 Å². The molecule has 1 aromatic carbocycles. The molecule has 11 nitrogen and oxygen atoms in total. The Bertz CT molecular complexity index is 1070. The smallest absolute Gasteiger partial charge is 0.407 e. The molecule has 2 rings (SSSR count). The van der Waals surface area contributed by atoms with Crippen LogP contribution in [0.4, 0.5) is 4.79 Å². The molecule has 0 bridgehead atoms. The summed E-state index contributed by atoms with van der Waals surface area (Å²) in [6.07, 6.45) is 1.49. The van der Waals surface area contributed by atoms with Gasteiger partial charge in [-0.25, -0.2) is 4.79 Å². The van der Waals surface area contributed by atoms with Crippen molar-refractivity contribution in [3.05, 3.63) is 23.8 Å². The fraction of sp³-hybridized carbons (Fsp3) is 0.784. The number of methoxy groups -OCH3 is 2. The van der Waals surface area contributed by atoms with Crippen molar-refractivity contribution < 1.29 is 38.4 Å². The van der Waals surface area contributed by atoms with Gasteiger partial charge in [0.05, 0.1) is 39.1 Å². The quantitative estimate of drug-likeness (QED) is 0.153. The molecule has 48 heavy (non-hydrogen) atoms. The predicted molar refractivity (Wildman–Crippen MR) is 189 cm³/mol. The predicted octanol–water partition coefficient (Wildman–Crippen LogP) is 5.07. The minimum absolute atomic E-state index is 0.00331. The summed E-state index contributed by atoms with van der Waals surface area (Å²) in [7, 11) is 3.29. The minimum atomic E-state index is -0.958. The molecule has 0 unspecified atom stereocenters. The van der Waals surface area contributed by atoms with Crippen LogP contribution in [0.15, 0.2) is 18.2 Å². The zero-order chi connectivity index (χ0) is 35.7. The number of carbonyl (C=O) groups excluding carboxylic acids is 2. The summed E-state index contributed by atoms with van der Waals surface area (Å²) in [6.45, 7) is 19.7. The monoisotopic (exact) mass is 679 g/mol. The van der Waals surface area contributed by atoms with E-state index in [0.29, 0.717) is 44.1 Å². The van der Waals surface area contributed by atoms with Gasteiger partial charge in [0.15, 0.2) is 11.5 Å². The first kappa shape index (κ1) is 41.6. The number of rotatable bonds is 21. The molecule has 1 heterocycles. The lowest BCUT2D eigenvalue weighted by Gasteiger charge is -2.33. The molecule has 1 aliphatic heterocycles. The van der Waals surface area contributed by atoms with Crippen molar-refractivity contribution in [1.82, 2.24) is 15.5 Å². The fourth-order valence-corrected chi connectivity index (χ4v) is 5.91. The third-order valence-corrected chi connectivity index (χ3v) is 8.83. The second kappa shape index (κ2) is 21.5. The van der Waals surface area contributed by atoms with Crippen LogP contribution < -0.4 is 20.1 Å². The van der Waals surface area contributed by atoms with Gasteiger partial charge in [-0.05, 0) is 88.4 Å². The maximum Gasteiger partial charge on any atom is 0.407 e. The number of carbonyl (C=O) groups is 2. The van der Waals surface area contributed by atoms with Gasteiger partial charge >= 0.3 is 6.09 Å². The first-order valence-electron chi connectivity index (χ1n) is 17.8. The van der Waals surface area contributed by atoms with Gasteiger partial charge < -0.3 is 39.4 Å². The highest BCUT2D eigenvalue weighted by Gasteiger charge is 2.33. The molecular weight excluding hydrogens is 614 g/mol. The number of alkyl carbamates (subject to hydrolysis) is 1. The van der Waals surface area contributed by atoms with Crippen molar-refractivity contribution >= 4 is 12.0 Å². The zero-order valence-corrected chi connectivity index (χ0v) is 31.1. The van der Waals surface area contributed by atoms with Crippen LogP contribution in [0, 0.1) is 23.7 Å². The SMILES string of the molecule is COCCCOc1cc(C[C@@H](C[C@H](NC(=O)OC(C)(C)C)[C@@H](O)C[C@H](C(=O)NCCCN2CCOCC2)C(C)C)C(C)C)ccc1OC. The molecule has 2 amide bonds. The van der Waals surface area contributed by atoms with E-state index in [-0.39, 0.29) is 30.1 Å². The summed E-state index contributed by atoms with van der Waals surface area (Å²) < 4.78 is 27.7. The van der Waals surface area contributed by atoms with Crippen LogP contribution in [0.3, 0.4) is 0 Å². The van der Waals surface area contributed by atoms with Crippen molar-refractivity contribution in [1.29, 1.82) is 0 Å². The van der Waals surface area contributed by atoms with Gasteiger partial charge in [-0.3, -0.25) is 9.69 Å². The van der Waals surface area contributed by atoms with Gasteiger partial charge in [-0.2, -0.15) is 0 Å². The lowest BCUT2D eigenvalue weighted by atomic mass is 9.80. The zero-order valence-electron chi connectivity index (χ0n) is 31.1. The largest absolute Gasteiger partial charge is 0.493 e. The minimum Gasteiger partial charge on any atom is -0.493 e. The number of amides is 2. The molecule has 0 aromatic heterocycles. The highest BCUT2D eigenvalue weighted by molar-refractivity contribution is 5.79. The number of ether oxygens (including phenoxy) is 5. The molecule has 0 aliphatic carbocycles. The van der Waals surface area contributed by atoms with E-state index in [1.54, 1.807) is 14.2 Å². The van der Waals surface area contributed by atoms with Gasteiger partial charge in [0, 0.05) is 45.7 Å². The fourth-order valence-electron chi connectivity index (χ4n) is 5.91. The lowest BCUT2D eigenvalue weighted by molar-refractivity contribution is -0.127. The highest BCUT2D eigenvalue weighted by atomic mass is 16.6. The number of nitrogens with zero attached hydrogens (tertiary/aromatic N) is 1. The number of aliphatic hydroxyl groups excluding tert-OH is 1. The average molecular weight is 680 g/mol. The molecule has 276 valence electrons. The standard InChI is InChI=1S/C37H65N3O8/c1-26(2)29(22-28-12-13-33(45-9)34(23-28)47-19-11-18-44-8)24-31(39-36(43)48-37(5,6)7)32(41)25-30(27(3)4)35(42)38-14-10-15-40-16-20-46-21-17-40/h12-13,23,26-27,29-32,41H,10-11,14-22,24-25H2,1-9H3,(H,38,42)(H,39,43)/t29-,30-,31-,32-/m0/s1. The van der Waals surface area contributed by atoms with E-state index >= 15 is 0 Å². The Morgan fingerprint density at radius 3 is 2.29 bits per heavy atom. The second-order valence-electron chi connectivity index (χ2n) is 14.6. The molecule has 0 radical (unpaired) electrons. The number of hydrogen-bond donors (Lipinski definition) is 3. The van der Waals surface area contributed by atoms with Crippen molar-refractivity contribution in [2.45, 2.75) is 98.3 Å². The Morgan fingerprint density at radius 1 is 0.979 bits per heavy atom. The van der Waals surface area contributed by atoms with E-state index in [4.69, 9.17) is 23.7 Å². The molecule has 1 aliphatic rings. The van der Waals surface area contributed by atoms with Crippen LogP contribution in [0.5, 0.6) is 11.5 Å². The van der Waals surface area contributed by atoms with Crippen molar-refractivity contribution in [2.75, 3.05) is 66.8 Å². The summed E-state index contributed by atoms with van der Waals surface area (Å²) >= 11 is 0. The Balaban J connectivity index is 2.17. The number of hydrogen-bond acceptors (Lipinski definition) is 9. The van der Waals surface area contributed by atoms with Gasteiger partial charge in [-0.1, -0.05) is 33.8 Å². The van der Waals surface area contributed by atoms with Crippen LogP contribution >= 0.6 is 0 Å². The van der Waals surface area contributed by atoms with Crippen molar-refractivity contribution in [2.24, 2.45) is 23.7 Å². The topological polar surface area (TPSA) is 128 Å². The van der Waals surface area contributed by atoms with Crippen LogP contribution in [0.25, 0.3) is 0 Å². The maximum absolute atomic E-state index is 13.4. The van der Waals surface area contributed by atoms with Crippen LogP contribution in [-0.2, 0) is 25.4 Å². The van der Waals surface area contributed by atoms with Crippen LogP contribution in [0.2, 0.25) is 0 Å².